The van der Waals surface area contributed by atoms with Crippen molar-refractivity contribution < 1.29 is 18.3 Å². The van der Waals surface area contributed by atoms with Crippen molar-refractivity contribution in [3.05, 3.63) is 28.8 Å². The van der Waals surface area contributed by atoms with Crippen LogP contribution >= 0.6 is 11.6 Å². The molecule has 1 unspecified atom stereocenters. The monoisotopic (exact) mass is 291 g/mol. The molecule has 1 aromatic carbocycles. The molecule has 5 nitrogen and oxygen atoms in total. The molecule has 0 radical (unpaired) electrons. The third-order valence-corrected chi connectivity index (χ3v) is 4.35. The fourth-order valence-electron chi connectivity index (χ4n) is 1.25. The predicted molar refractivity (Wildman–Crippen MR) is 68.5 cm³/mol. The lowest BCUT2D eigenvalue weighted by molar-refractivity contribution is 0.0697. The van der Waals surface area contributed by atoms with Gasteiger partial charge in [0.2, 0.25) is 10.0 Å². The smallest absolute Gasteiger partial charge is 0.337 e. The zero-order valence-corrected chi connectivity index (χ0v) is 11.5. The van der Waals surface area contributed by atoms with Crippen molar-refractivity contribution in [3.63, 3.8) is 0 Å². The molecule has 2 N–H and O–H groups in total. The highest BCUT2D eigenvalue weighted by Gasteiger charge is 2.19. The molecular formula is C11H14ClNO4S. The second-order valence-electron chi connectivity index (χ2n) is 3.88. The molecule has 0 aliphatic heterocycles. The molecule has 0 fully saturated rings. The van der Waals surface area contributed by atoms with Crippen molar-refractivity contribution in [3.8, 4) is 0 Å². The highest BCUT2D eigenvalue weighted by molar-refractivity contribution is 7.89. The van der Waals surface area contributed by atoms with Crippen LogP contribution < -0.4 is 4.72 Å². The minimum Gasteiger partial charge on any atom is -0.478 e. The first kappa shape index (κ1) is 14.9. The summed E-state index contributed by atoms with van der Waals surface area (Å²) in [6.45, 7) is 3.60. The van der Waals surface area contributed by atoms with Crippen molar-refractivity contribution in [2.75, 3.05) is 0 Å². The van der Waals surface area contributed by atoms with E-state index in [1.807, 2.05) is 6.92 Å². The van der Waals surface area contributed by atoms with E-state index in [4.69, 9.17) is 16.7 Å². The number of carboxylic acids is 1. The van der Waals surface area contributed by atoms with Crippen LogP contribution in [0.4, 0.5) is 0 Å². The fourth-order valence-corrected chi connectivity index (χ4v) is 2.93. The molecule has 7 heteroatoms. The predicted octanol–water partition coefficient (Wildman–Crippen LogP) is 2.12. The highest BCUT2D eigenvalue weighted by Crippen LogP contribution is 2.21. The van der Waals surface area contributed by atoms with E-state index >= 15 is 0 Å². The molecule has 0 amide bonds. The van der Waals surface area contributed by atoms with Gasteiger partial charge in [-0.1, -0.05) is 18.5 Å². The number of aromatic carboxylic acids is 1. The second kappa shape index (κ2) is 5.69. The standard InChI is InChI=1S/C11H14ClNO4S/c1-3-7(2)13-18(16,17)8-4-5-9(11(14)15)10(12)6-8/h4-7,13H,3H2,1-2H3,(H,14,15). The Hall–Kier alpha value is -1.11. The number of sulfonamides is 1. The summed E-state index contributed by atoms with van der Waals surface area (Å²) in [7, 11) is -3.66. The number of carboxylic acid groups (broad SMARTS) is 1. The summed E-state index contributed by atoms with van der Waals surface area (Å²) in [5.41, 5.74) is -0.126. The molecule has 100 valence electrons. The summed E-state index contributed by atoms with van der Waals surface area (Å²) >= 11 is 5.73. The van der Waals surface area contributed by atoms with Crippen LogP contribution in [0.3, 0.4) is 0 Å². The van der Waals surface area contributed by atoms with E-state index in [2.05, 4.69) is 4.72 Å². The summed E-state index contributed by atoms with van der Waals surface area (Å²) in [6, 6.07) is 3.33. The molecule has 1 aromatic rings. The van der Waals surface area contributed by atoms with Crippen LogP contribution in [0.25, 0.3) is 0 Å². The molecule has 18 heavy (non-hydrogen) atoms. The molecule has 1 atom stereocenters. The Morgan fingerprint density at radius 3 is 2.56 bits per heavy atom. The quantitative estimate of drug-likeness (QED) is 0.870. The topological polar surface area (TPSA) is 83.5 Å². The van der Waals surface area contributed by atoms with Crippen molar-refractivity contribution in [2.45, 2.75) is 31.2 Å². The van der Waals surface area contributed by atoms with Gasteiger partial charge in [0.25, 0.3) is 0 Å². The molecule has 0 aromatic heterocycles. The second-order valence-corrected chi connectivity index (χ2v) is 6.00. The highest BCUT2D eigenvalue weighted by atomic mass is 35.5. The van der Waals surface area contributed by atoms with Gasteiger partial charge < -0.3 is 5.11 Å². The molecule has 0 bridgehead atoms. The van der Waals surface area contributed by atoms with E-state index in [0.29, 0.717) is 6.42 Å². The Labute approximate surface area is 111 Å². The maximum atomic E-state index is 11.9. The molecule has 0 saturated heterocycles. The van der Waals surface area contributed by atoms with E-state index in [-0.39, 0.29) is 21.5 Å². The molecule has 0 aliphatic rings. The van der Waals surface area contributed by atoms with Crippen LogP contribution in [0.2, 0.25) is 5.02 Å². The van der Waals surface area contributed by atoms with Crippen molar-refractivity contribution in [1.82, 2.24) is 4.72 Å². The number of benzene rings is 1. The van der Waals surface area contributed by atoms with Gasteiger partial charge in [0, 0.05) is 6.04 Å². The summed E-state index contributed by atoms with van der Waals surface area (Å²) < 4.78 is 26.3. The number of hydrogen-bond acceptors (Lipinski definition) is 3. The molecule has 0 aliphatic carbocycles. The normalized spacial score (nSPS) is 13.3. The SMILES string of the molecule is CCC(C)NS(=O)(=O)c1ccc(C(=O)O)c(Cl)c1. The maximum absolute atomic E-state index is 11.9. The van der Waals surface area contributed by atoms with Crippen molar-refractivity contribution in [2.24, 2.45) is 0 Å². The third kappa shape index (κ3) is 3.44. The number of halogens is 1. The molecule has 0 saturated carbocycles. The Balaban J connectivity index is 3.12. The van der Waals surface area contributed by atoms with E-state index in [1.54, 1.807) is 6.92 Å². The molecule has 0 spiro atoms. The van der Waals surface area contributed by atoms with Gasteiger partial charge in [-0.25, -0.2) is 17.9 Å². The van der Waals surface area contributed by atoms with Crippen molar-refractivity contribution in [1.29, 1.82) is 0 Å². The van der Waals surface area contributed by atoms with E-state index in [1.165, 1.54) is 12.1 Å². The average molecular weight is 292 g/mol. The third-order valence-electron chi connectivity index (χ3n) is 2.45. The zero-order chi connectivity index (χ0) is 13.9. The number of nitrogens with one attached hydrogen (secondary N) is 1. The first-order chi connectivity index (χ1) is 8.27. The van der Waals surface area contributed by atoms with Crippen molar-refractivity contribution >= 4 is 27.6 Å². The number of carbonyl (C=O) groups is 1. The van der Waals surface area contributed by atoms with Gasteiger partial charge in [0.1, 0.15) is 0 Å². The summed E-state index contributed by atoms with van der Waals surface area (Å²) in [6.07, 6.45) is 0.653. The van der Waals surface area contributed by atoms with Gasteiger partial charge in [0.05, 0.1) is 15.5 Å². The van der Waals surface area contributed by atoms with Gasteiger partial charge in [-0.2, -0.15) is 0 Å². The lowest BCUT2D eigenvalue weighted by Crippen LogP contribution is -2.32. The largest absolute Gasteiger partial charge is 0.478 e. The van der Waals surface area contributed by atoms with Crippen LogP contribution in [0.5, 0.6) is 0 Å². The Kier molecular flexibility index (Phi) is 4.72. The lowest BCUT2D eigenvalue weighted by Gasteiger charge is -2.12. The maximum Gasteiger partial charge on any atom is 0.337 e. The van der Waals surface area contributed by atoms with Gasteiger partial charge in [-0.3, -0.25) is 0 Å². The first-order valence-electron chi connectivity index (χ1n) is 5.33. The minimum absolute atomic E-state index is 0.0437. The van der Waals surface area contributed by atoms with Crippen LogP contribution in [0.1, 0.15) is 30.6 Å². The Morgan fingerprint density at radius 1 is 1.50 bits per heavy atom. The minimum atomic E-state index is -3.66. The molecule has 0 heterocycles. The van der Waals surface area contributed by atoms with E-state index in [0.717, 1.165) is 6.07 Å². The number of hydrogen-bond donors (Lipinski definition) is 2. The van der Waals surface area contributed by atoms with E-state index < -0.39 is 16.0 Å². The van der Waals surface area contributed by atoms with Crippen LogP contribution in [0.15, 0.2) is 23.1 Å². The van der Waals surface area contributed by atoms with Crippen LogP contribution in [-0.2, 0) is 10.0 Å². The van der Waals surface area contributed by atoms with Gasteiger partial charge in [-0.15, -0.1) is 0 Å². The fraction of sp³-hybridized carbons (Fsp3) is 0.364. The lowest BCUT2D eigenvalue weighted by atomic mass is 10.2. The number of rotatable bonds is 5. The summed E-state index contributed by atoms with van der Waals surface area (Å²) in [4.78, 5) is 10.7. The Morgan fingerprint density at radius 2 is 2.11 bits per heavy atom. The van der Waals surface area contributed by atoms with Crippen LogP contribution in [-0.4, -0.2) is 25.5 Å². The van der Waals surface area contributed by atoms with E-state index in [9.17, 15) is 13.2 Å². The molecule has 1 rings (SSSR count). The van der Waals surface area contributed by atoms with Crippen LogP contribution in [0, 0.1) is 0 Å². The summed E-state index contributed by atoms with van der Waals surface area (Å²) in [5, 5.41) is 8.69. The summed E-state index contributed by atoms with van der Waals surface area (Å²) in [5.74, 6) is -1.20. The van der Waals surface area contributed by atoms with Gasteiger partial charge >= 0.3 is 5.97 Å². The molecular weight excluding hydrogens is 278 g/mol. The Bertz CT molecular complexity index is 556. The first-order valence-corrected chi connectivity index (χ1v) is 7.19. The zero-order valence-electron chi connectivity index (χ0n) is 9.97. The van der Waals surface area contributed by atoms with Gasteiger partial charge in [-0.05, 0) is 31.5 Å². The van der Waals surface area contributed by atoms with Gasteiger partial charge in [0.15, 0.2) is 0 Å². The average Bonchev–Trinajstić information content (AvgIpc) is 2.27.